The van der Waals surface area contributed by atoms with E-state index in [-0.39, 0.29) is 6.54 Å². The summed E-state index contributed by atoms with van der Waals surface area (Å²) in [5.74, 6) is 0. The van der Waals surface area contributed by atoms with E-state index in [1.54, 1.807) is 0 Å². The third kappa shape index (κ3) is 2.17. The van der Waals surface area contributed by atoms with Gasteiger partial charge in [0, 0.05) is 24.1 Å². The second-order valence-electron chi connectivity index (χ2n) is 4.51. The van der Waals surface area contributed by atoms with Crippen molar-refractivity contribution in [2.45, 2.75) is 24.4 Å². The topological polar surface area (TPSA) is 69.2 Å². The molecular formula is C11H11F3N2O2. The van der Waals surface area contributed by atoms with Crippen molar-refractivity contribution in [3.63, 3.8) is 0 Å². The fourth-order valence-corrected chi connectivity index (χ4v) is 1.95. The number of nitrogens with zero attached hydrogens (tertiary/aromatic N) is 1. The Hall–Kier alpha value is -1.63. The van der Waals surface area contributed by atoms with Gasteiger partial charge >= 0.3 is 6.18 Å². The Labute approximate surface area is 101 Å². The highest BCUT2D eigenvalue weighted by atomic mass is 19.4. The number of non-ortho nitro benzene ring substituents is 1. The summed E-state index contributed by atoms with van der Waals surface area (Å²) in [6.45, 7) is 0.200. The summed E-state index contributed by atoms with van der Waals surface area (Å²) in [4.78, 5) is 9.86. The number of alkyl halides is 3. The lowest BCUT2D eigenvalue weighted by molar-refractivity contribution is -0.385. The SMILES string of the molecule is NCC1(c2cc([N+](=O)[O-])cc(C(F)(F)F)c2)CC1. The number of hydrogen-bond donors (Lipinski definition) is 1. The smallest absolute Gasteiger partial charge is 0.330 e. The largest absolute Gasteiger partial charge is 0.416 e. The van der Waals surface area contributed by atoms with Crippen LogP contribution in [0, 0.1) is 10.1 Å². The van der Waals surface area contributed by atoms with E-state index < -0.39 is 27.8 Å². The van der Waals surface area contributed by atoms with Gasteiger partial charge in [-0.1, -0.05) is 0 Å². The molecule has 1 aromatic rings. The molecule has 2 N–H and O–H groups in total. The van der Waals surface area contributed by atoms with E-state index in [9.17, 15) is 23.3 Å². The molecule has 0 saturated heterocycles. The first-order chi connectivity index (χ1) is 8.28. The number of nitro groups is 1. The van der Waals surface area contributed by atoms with Crippen LogP contribution >= 0.6 is 0 Å². The van der Waals surface area contributed by atoms with Crippen molar-refractivity contribution in [2.24, 2.45) is 5.73 Å². The van der Waals surface area contributed by atoms with E-state index in [0.717, 1.165) is 6.07 Å². The van der Waals surface area contributed by atoms with E-state index in [1.165, 1.54) is 6.07 Å². The van der Waals surface area contributed by atoms with Gasteiger partial charge < -0.3 is 5.73 Å². The zero-order valence-electron chi connectivity index (χ0n) is 9.33. The molecule has 7 heteroatoms. The molecular weight excluding hydrogens is 249 g/mol. The molecule has 0 unspecified atom stereocenters. The van der Waals surface area contributed by atoms with Crippen molar-refractivity contribution in [3.05, 3.63) is 39.4 Å². The Morgan fingerprint density at radius 1 is 1.33 bits per heavy atom. The van der Waals surface area contributed by atoms with Crippen LogP contribution in [-0.4, -0.2) is 11.5 Å². The maximum absolute atomic E-state index is 12.7. The summed E-state index contributed by atoms with van der Waals surface area (Å²) in [7, 11) is 0. The van der Waals surface area contributed by atoms with Gasteiger partial charge in [0.2, 0.25) is 0 Å². The summed E-state index contributed by atoms with van der Waals surface area (Å²) in [5, 5.41) is 10.7. The third-order valence-electron chi connectivity index (χ3n) is 3.31. The Balaban J connectivity index is 2.54. The van der Waals surface area contributed by atoms with Gasteiger partial charge in [-0.05, 0) is 24.5 Å². The van der Waals surface area contributed by atoms with Gasteiger partial charge in [-0.15, -0.1) is 0 Å². The molecule has 0 aliphatic heterocycles. The van der Waals surface area contributed by atoms with Gasteiger partial charge in [0.05, 0.1) is 10.5 Å². The molecule has 0 bridgehead atoms. The maximum Gasteiger partial charge on any atom is 0.416 e. The molecule has 1 saturated carbocycles. The van der Waals surface area contributed by atoms with E-state index in [1.807, 2.05) is 0 Å². The zero-order valence-corrected chi connectivity index (χ0v) is 9.33. The standard InChI is InChI=1S/C11H11F3N2O2/c12-11(13,14)8-3-7(10(6-15)1-2-10)4-9(5-8)16(17)18/h3-5H,1-2,6,15H2. The van der Waals surface area contributed by atoms with Gasteiger partial charge in [-0.25, -0.2) is 0 Å². The molecule has 0 aromatic heterocycles. The van der Waals surface area contributed by atoms with Crippen LogP contribution in [0.3, 0.4) is 0 Å². The van der Waals surface area contributed by atoms with Crippen LogP contribution in [0.4, 0.5) is 18.9 Å². The van der Waals surface area contributed by atoms with Crippen molar-refractivity contribution < 1.29 is 18.1 Å². The number of rotatable bonds is 3. The summed E-state index contributed by atoms with van der Waals surface area (Å²) >= 11 is 0. The molecule has 0 atom stereocenters. The van der Waals surface area contributed by atoms with Crippen LogP contribution in [0.25, 0.3) is 0 Å². The van der Waals surface area contributed by atoms with Crippen LogP contribution in [0.5, 0.6) is 0 Å². The highest BCUT2D eigenvalue weighted by Crippen LogP contribution is 2.49. The van der Waals surface area contributed by atoms with Crippen molar-refractivity contribution in [1.82, 2.24) is 0 Å². The first-order valence-corrected chi connectivity index (χ1v) is 5.36. The van der Waals surface area contributed by atoms with Crippen LogP contribution in [0.2, 0.25) is 0 Å². The first-order valence-electron chi connectivity index (χ1n) is 5.36. The predicted molar refractivity (Wildman–Crippen MR) is 58.1 cm³/mol. The molecule has 0 radical (unpaired) electrons. The van der Waals surface area contributed by atoms with Crippen LogP contribution < -0.4 is 5.73 Å². The molecule has 98 valence electrons. The lowest BCUT2D eigenvalue weighted by atomic mass is 9.93. The summed E-state index contributed by atoms with van der Waals surface area (Å²) in [6.07, 6.45) is -3.25. The van der Waals surface area contributed by atoms with Crippen molar-refractivity contribution >= 4 is 5.69 Å². The third-order valence-corrected chi connectivity index (χ3v) is 3.31. The summed E-state index contributed by atoms with van der Waals surface area (Å²) < 4.78 is 38.0. The molecule has 1 aliphatic rings. The number of nitro benzene ring substituents is 1. The van der Waals surface area contributed by atoms with Gasteiger partial charge in [0.25, 0.3) is 5.69 Å². The monoisotopic (exact) mass is 260 g/mol. The second kappa shape index (κ2) is 3.94. The van der Waals surface area contributed by atoms with Gasteiger partial charge in [0.1, 0.15) is 0 Å². The number of halogens is 3. The lowest BCUT2D eigenvalue weighted by Gasteiger charge is -2.15. The van der Waals surface area contributed by atoms with E-state index in [4.69, 9.17) is 5.73 Å². The normalized spacial score (nSPS) is 17.6. The van der Waals surface area contributed by atoms with Gasteiger partial charge in [-0.3, -0.25) is 10.1 Å². The molecule has 1 fully saturated rings. The highest BCUT2D eigenvalue weighted by Gasteiger charge is 2.45. The van der Waals surface area contributed by atoms with E-state index in [2.05, 4.69) is 0 Å². The highest BCUT2D eigenvalue weighted by molar-refractivity contribution is 5.46. The number of benzene rings is 1. The number of nitrogens with two attached hydrogens (primary N) is 1. The molecule has 1 aliphatic carbocycles. The minimum Gasteiger partial charge on any atom is -0.330 e. The second-order valence-corrected chi connectivity index (χ2v) is 4.51. The van der Waals surface area contributed by atoms with Crippen molar-refractivity contribution in [3.8, 4) is 0 Å². The van der Waals surface area contributed by atoms with Gasteiger partial charge in [-0.2, -0.15) is 13.2 Å². The fourth-order valence-electron chi connectivity index (χ4n) is 1.95. The Kier molecular flexibility index (Phi) is 2.81. The average Bonchev–Trinajstić information content (AvgIpc) is 3.08. The molecule has 1 aromatic carbocycles. The molecule has 4 nitrogen and oxygen atoms in total. The maximum atomic E-state index is 12.7. The predicted octanol–water partition coefficient (Wildman–Crippen LogP) is 2.60. The quantitative estimate of drug-likeness (QED) is 0.670. The molecule has 0 heterocycles. The van der Waals surface area contributed by atoms with Crippen LogP contribution in [0.1, 0.15) is 24.0 Å². The molecule has 0 spiro atoms. The Morgan fingerprint density at radius 3 is 2.33 bits per heavy atom. The zero-order chi connectivity index (χ0) is 13.6. The van der Waals surface area contributed by atoms with Gasteiger partial charge in [0.15, 0.2) is 0 Å². The summed E-state index contributed by atoms with van der Waals surface area (Å²) in [6, 6.07) is 2.71. The van der Waals surface area contributed by atoms with Crippen molar-refractivity contribution in [2.75, 3.05) is 6.54 Å². The summed E-state index contributed by atoms with van der Waals surface area (Å²) in [5.41, 5.74) is 3.80. The minimum atomic E-state index is -4.59. The first kappa shape index (κ1) is 12.8. The number of hydrogen-bond acceptors (Lipinski definition) is 3. The fraction of sp³-hybridized carbons (Fsp3) is 0.455. The van der Waals surface area contributed by atoms with E-state index in [0.29, 0.717) is 24.5 Å². The Morgan fingerprint density at radius 2 is 1.94 bits per heavy atom. The average molecular weight is 260 g/mol. The van der Waals surface area contributed by atoms with Crippen molar-refractivity contribution in [1.29, 1.82) is 0 Å². The molecule has 18 heavy (non-hydrogen) atoms. The minimum absolute atomic E-state index is 0.200. The van der Waals surface area contributed by atoms with Crippen LogP contribution in [-0.2, 0) is 11.6 Å². The Bertz CT molecular complexity index is 496. The molecule has 2 rings (SSSR count). The van der Waals surface area contributed by atoms with E-state index >= 15 is 0 Å². The lowest BCUT2D eigenvalue weighted by Crippen LogP contribution is -2.20. The molecule has 0 amide bonds. The van der Waals surface area contributed by atoms with Crippen LogP contribution in [0.15, 0.2) is 18.2 Å².